The molecule has 218 valence electrons. The smallest absolute Gasteiger partial charge is 0.269 e. The summed E-state index contributed by atoms with van der Waals surface area (Å²) in [7, 11) is -4.31. The second-order valence-corrected chi connectivity index (χ2v) is 12.1. The van der Waals surface area contributed by atoms with Crippen molar-refractivity contribution >= 4 is 39.0 Å². The first-order chi connectivity index (χ1) is 20.1. The Kier molecular flexibility index (Phi) is 6.93. The van der Waals surface area contributed by atoms with E-state index >= 15 is 0 Å². The van der Waals surface area contributed by atoms with Crippen LogP contribution >= 0.6 is 0 Å². The number of hydrogen-bond acceptors (Lipinski definition) is 8. The lowest BCUT2D eigenvalue weighted by atomic mass is 9.83. The van der Waals surface area contributed by atoms with Gasteiger partial charge in [0.05, 0.1) is 24.1 Å². The fourth-order valence-corrected chi connectivity index (χ4v) is 6.66. The standard InChI is InChI=1S/C29H29FN6O5S/c1-3-25(37)34-42(39,40)24-16-32-36-26(33-23-9-8-18(2)14-22(23)30)20(15-31-27(24)36)28(38)35-12-10-29(11-13-35)21-7-5-4-6-19(21)17-41-29/h4-9,14-16,33H,3,10-13,17H2,1-2H3,(H,34,37). The van der Waals surface area contributed by atoms with Crippen molar-refractivity contribution in [2.75, 3.05) is 18.4 Å². The van der Waals surface area contributed by atoms with Crippen LogP contribution < -0.4 is 10.0 Å². The summed E-state index contributed by atoms with van der Waals surface area (Å²) in [5.41, 5.74) is 2.56. The van der Waals surface area contributed by atoms with Crippen LogP contribution in [0, 0.1) is 12.7 Å². The molecule has 11 nitrogen and oxygen atoms in total. The summed E-state index contributed by atoms with van der Waals surface area (Å²) in [6, 6.07) is 12.7. The van der Waals surface area contributed by atoms with Gasteiger partial charge in [0, 0.05) is 25.7 Å². The normalized spacial score (nSPS) is 16.0. The van der Waals surface area contributed by atoms with Gasteiger partial charge in [0.1, 0.15) is 17.2 Å². The van der Waals surface area contributed by atoms with Crippen LogP contribution in [0.1, 0.15) is 53.2 Å². The van der Waals surface area contributed by atoms with E-state index in [1.54, 1.807) is 17.9 Å². The zero-order chi connectivity index (χ0) is 29.6. The molecule has 0 atom stereocenters. The lowest BCUT2D eigenvalue weighted by Crippen LogP contribution is -2.45. The van der Waals surface area contributed by atoms with E-state index in [9.17, 15) is 22.4 Å². The van der Waals surface area contributed by atoms with Crippen molar-refractivity contribution in [3.63, 3.8) is 0 Å². The van der Waals surface area contributed by atoms with E-state index in [0.717, 1.165) is 21.8 Å². The highest BCUT2D eigenvalue weighted by molar-refractivity contribution is 7.90. The molecule has 2 N–H and O–H groups in total. The van der Waals surface area contributed by atoms with E-state index in [1.807, 2.05) is 16.9 Å². The maximum atomic E-state index is 14.9. The number of anilines is 2. The quantitative estimate of drug-likeness (QED) is 0.345. The van der Waals surface area contributed by atoms with Crippen LogP contribution in [-0.4, -0.2) is 52.8 Å². The number of aromatic nitrogens is 3. The number of piperidine rings is 1. The predicted molar refractivity (Wildman–Crippen MR) is 151 cm³/mol. The number of nitrogens with one attached hydrogen (secondary N) is 2. The minimum Gasteiger partial charge on any atom is -0.365 e. The molecule has 0 bridgehead atoms. The molecule has 6 rings (SSSR count). The van der Waals surface area contributed by atoms with Gasteiger partial charge in [0.2, 0.25) is 5.91 Å². The van der Waals surface area contributed by atoms with Crippen LogP contribution in [0.5, 0.6) is 0 Å². The molecule has 2 aromatic heterocycles. The number of carbonyl (C=O) groups excluding carboxylic acids is 2. The highest BCUT2D eigenvalue weighted by Crippen LogP contribution is 2.44. The molecule has 1 saturated heterocycles. The second kappa shape index (κ2) is 10.5. The molecule has 0 unspecified atom stereocenters. The highest BCUT2D eigenvalue weighted by atomic mass is 32.2. The molecule has 42 heavy (non-hydrogen) atoms. The van der Waals surface area contributed by atoms with Crippen LogP contribution in [0.15, 0.2) is 59.8 Å². The van der Waals surface area contributed by atoms with E-state index in [2.05, 4.69) is 27.5 Å². The lowest BCUT2D eigenvalue weighted by molar-refractivity contribution is -0.119. The number of fused-ring (bicyclic) bond motifs is 3. The summed E-state index contributed by atoms with van der Waals surface area (Å²) in [5, 5.41) is 7.12. The number of aryl methyl sites for hydroxylation is 1. The minimum atomic E-state index is -4.31. The first-order valence-electron chi connectivity index (χ1n) is 13.6. The maximum Gasteiger partial charge on any atom is 0.269 e. The SMILES string of the molecule is CCC(=O)NS(=O)(=O)c1cnn2c(Nc3ccc(C)cc3F)c(C(=O)N3CCC4(CC3)OCc3ccccc34)cnc12. The third kappa shape index (κ3) is 4.77. The van der Waals surface area contributed by atoms with Crippen molar-refractivity contribution in [1.82, 2.24) is 24.2 Å². The molecule has 2 aromatic carbocycles. The largest absolute Gasteiger partial charge is 0.365 e. The predicted octanol–water partition coefficient (Wildman–Crippen LogP) is 3.80. The molecule has 0 saturated carbocycles. The lowest BCUT2D eigenvalue weighted by Gasteiger charge is -2.39. The topological polar surface area (TPSA) is 135 Å². The van der Waals surface area contributed by atoms with Crippen LogP contribution in [0.4, 0.5) is 15.9 Å². The number of hydrogen-bond donors (Lipinski definition) is 2. The summed E-state index contributed by atoms with van der Waals surface area (Å²) >= 11 is 0. The number of halogens is 1. The molecule has 13 heteroatoms. The van der Waals surface area contributed by atoms with E-state index in [-0.39, 0.29) is 39.9 Å². The van der Waals surface area contributed by atoms with Crippen molar-refractivity contribution in [2.45, 2.75) is 50.2 Å². The van der Waals surface area contributed by atoms with Crippen LogP contribution in [-0.2, 0) is 31.8 Å². The Bertz CT molecular complexity index is 1830. The fraction of sp³-hybridized carbons (Fsp3) is 0.310. The van der Waals surface area contributed by atoms with Crippen molar-refractivity contribution in [1.29, 1.82) is 0 Å². The number of benzene rings is 2. The number of ether oxygens (including phenoxy) is 1. The van der Waals surface area contributed by atoms with Gasteiger partial charge in [-0.1, -0.05) is 37.3 Å². The number of nitrogens with zero attached hydrogens (tertiary/aromatic N) is 4. The number of amides is 2. The molecule has 1 fully saturated rings. The van der Waals surface area contributed by atoms with Crippen LogP contribution in [0.25, 0.3) is 5.65 Å². The highest BCUT2D eigenvalue weighted by Gasteiger charge is 2.43. The monoisotopic (exact) mass is 592 g/mol. The Hall–Kier alpha value is -4.36. The van der Waals surface area contributed by atoms with Gasteiger partial charge in [-0.05, 0) is 48.6 Å². The summed E-state index contributed by atoms with van der Waals surface area (Å²) in [6.45, 7) is 4.62. The van der Waals surface area contributed by atoms with Gasteiger partial charge in [-0.25, -0.2) is 22.5 Å². The van der Waals surface area contributed by atoms with Gasteiger partial charge in [0.15, 0.2) is 10.5 Å². The molecule has 2 aliphatic rings. The summed E-state index contributed by atoms with van der Waals surface area (Å²) in [6.07, 6.45) is 3.44. The van der Waals surface area contributed by atoms with Gasteiger partial charge < -0.3 is 15.0 Å². The number of rotatable bonds is 6. The first-order valence-corrected chi connectivity index (χ1v) is 15.1. The van der Waals surface area contributed by atoms with Gasteiger partial charge in [-0.15, -0.1) is 0 Å². The summed E-state index contributed by atoms with van der Waals surface area (Å²) < 4.78 is 50.1. The Labute approximate surface area is 241 Å². The Morgan fingerprint density at radius 3 is 2.62 bits per heavy atom. The van der Waals surface area contributed by atoms with E-state index in [1.165, 1.54) is 25.3 Å². The average Bonchev–Trinajstić information content (AvgIpc) is 3.57. The molecule has 1 spiro atoms. The molecule has 0 radical (unpaired) electrons. The summed E-state index contributed by atoms with van der Waals surface area (Å²) in [5.74, 6) is -1.60. The summed E-state index contributed by atoms with van der Waals surface area (Å²) in [4.78, 5) is 31.4. The first kappa shape index (κ1) is 27.8. The fourth-order valence-electron chi connectivity index (χ4n) is 5.54. The zero-order valence-corrected chi connectivity index (χ0v) is 23.9. The van der Waals surface area contributed by atoms with E-state index in [4.69, 9.17) is 4.74 Å². The molecule has 2 amide bonds. The number of sulfonamides is 1. The van der Waals surface area contributed by atoms with Gasteiger partial charge in [-0.3, -0.25) is 9.59 Å². The molecular formula is C29H29FN6O5S. The van der Waals surface area contributed by atoms with Gasteiger partial charge >= 0.3 is 0 Å². The third-order valence-electron chi connectivity index (χ3n) is 7.83. The van der Waals surface area contributed by atoms with Crippen molar-refractivity contribution in [3.8, 4) is 0 Å². The second-order valence-electron chi connectivity index (χ2n) is 10.5. The van der Waals surface area contributed by atoms with E-state index in [0.29, 0.717) is 38.1 Å². The Morgan fingerprint density at radius 1 is 1.12 bits per heavy atom. The van der Waals surface area contributed by atoms with Crippen molar-refractivity contribution in [2.24, 2.45) is 0 Å². The number of likely N-dealkylation sites (tertiary alicyclic amines) is 1. The Morgan fingerprint density at radius 2 is 1.88 bits per heavy atom. The molecule has 2 aliphatic heterocycles. The number of carbonyl (C=O) groups is 2. The zero-order valence-electron chi connectivity index (χ0n) is 23.1. The molecule has 4 aromatic rings. The van der Waals surface area contributed by atoms with Gasteiger partial charge in [-0.2, -0.15) is 9.61 Å². The van der Waals surface area contributed by atoms with Crippen molar-refractivity contribution in [3.05, 3.63) is 82.9 Å². The van der Waals surface area contributed by atoms with Crippen LogP contribution in [0.2, 0.25) is 0 Å². The molecule has 4 heterocycles. The molecular weight excluding hydrogens is 563 g/mol. The van der Waals surface area contributed by atoms with E-state index < -0.39 is 27.3 Å². The Balaban J connectivity index is 1.37. The average molecular weight is 593 g/mol. The third-order valence-corrected chi connectivity index (χ3v) is 9.20. The minimum absolute atomic E-state index is 0.0405. The van der Waals surface area contributed by atoms with Crippen LogP contribution in [0.3, 0.4) is 0 Å². The van der Waals surface area contributed by atoms with Crippen molar-refractivity contribution < 1.29 is 27.1 Å². The maximum absolute atomic E-state index is 14.9. The molecule has 0 aliphatic carbocycles. The van der Waals surface area contributed by atoms with Gasteiger partial charge in [0.25, 0.3) is 15.9 Å².